The van der Waals surface area contributed by atoms with Gasteiger partial charge < -0.3 is 20.1 Å². The van der Waals surface area contributed by atoms with Gasteiger partial charge in [0.05, 0.1) is 24.5 Å². The quantitative estimate of drug-likeness (QED) is 0.668. The van der Waals surface area contributed by atoms with E-state index in [4.69, 9.17) is 14.6 Å². The number of halogens is 3. The van der Waals surface area contributed by atoms with E-state index in [9.17, 15) is 22.8 Å². The molecule has 2 aromatic heterocycles. The number of hydrogen-bond acceptors (Lipinski definition) is 7. The van der Waals surface area contributed by atoms with Gasteiger partial charge in [0.2, 0.25) is 0 Å². The molecule has 2 aromatic rings. The molecule has 4 rings (SSSR count). The van der Waals surface area contributed by atoms with Gasteiger partial charge in [0, 0.05) is 56.3 Å². The Labute approximate surface area is 192 Å². The number of nitrogens with zero attached hydrogens (tertiary/aromatic N) is 4. The molecule has 0 aromatic carbocycles. The monoisotopic (exact) mass is 481 g/mol. The Morgan fingerprint density at radius 3 is 2.53 bits per heavy atom. The average molecular weight is 481 g/mol. The number of carbonyl (C=O) groups is 3. The summed E-state index contributed by atoms with van der Waals surface area (Å²) in [4.78, 5) is 47.6. The van der Waals surface area contributed by atoms with Crippen LogP contribution in [0.25, 0.3) is 0 Å². The van der Waals surface area contributed by atoms with E-state index in [2.05, 4.69) is 20.3 Å². The van der Waals surface area contributed by atoms with Crippen molar-refractivity contribution in [2.24, 2.45) is 11.8 Å². The van der Waals surface area contributed by atoms with Crippen molar-refractivity contribution in [2.45, 2.75) is 19.2 Å². The van der Waals surface area contributed by atoms with Crippen LogP contribution in [0.1, 0.15) is 26.4 Å². The van der Waals surface area contributed by atoms with Crippen molar-refractivity contribution in [2.75, 3.05) is 26.2 Å². The largest absolute Gasteiger partial charge is 0.490 e. The first-order chi connectivity index (χ1) is 16.1. The number of carboxylic acid groups (broad SMARTS) is 1. The van der Waals surface area contributed by atoms with E-state index in [1.165, 1.54) is 18.6 Å². The number of carboxylic acids is 1. The number of likely N-dealkylation sites (tertiary alicyclic amines) is 1. The Bertz CT molecular complexity index is 1040. The fourth-order valence-corrected chi connectivity index (χ4v) is 3.76. The van der Waals surface area contributed by atoms with Gasteiger partial charge in [-0.05, 0) is 18.6 Å². The lowest BCUT2D eigenvalue weighted by Gasteiger charge is -2.20. The maximum Gasteiger partial charge on any atom is 0.490 e. The summed E-state index contributed by atoms with van der Waals surface area (Å²) in [7, 11) is 0. The minimum atomic E-state index is -5.08. The molecular weight excluding hydrogens is 459 g/mol. The first-order valence-electron chi connectivity index (χ1n) is 10.2. The normalized spacial score (nSPS) is 21.3. The predicted octanol–water partition coefficient (Wildman–Crippen LogP) is 1.33. The zero-order chi connectivity index (χ0) is 24.9. The van der Waals surface area contributed by atoms with Gasteiger partial charge in [-0.2, -0.15) is 13.2 Å². The van der Waals surface area contributed by atoms with Crippen molar-refractivity contribution in [3.63, 3.8) is 0 Å². The fraction of sp³-hybridized carbons (Fsp3) is 0.429. The number of pyridine rings is 1. The number of aryl methyl sites for hydroxylation is 1. The lowest BCUT2D eigenvalue weighted by molar-refractivity contribution is -0.192. The number of hydrogen-bond donors (Lipinski definition) is 2. The molecule has 0 aliphatic carbocycles. The molecule has 2 fully saturated rings. The molecule has 2 aliphatic rings. The molecule has 34 heavy (non-hydrogen) atoms. The molecule has 0 radical (unpaired) electrons. The number of rotatable bonds is 4. The maximum atomic E-state index is 12.7. The second kappa shape index (κ2) is 10.5. The van der Waals surface area contributed by atoms with E-state index in [0.29, 0.717) is 37.5 Å². The Kier molecular flexibility index (Phi) is 7.76. The zero-order valence-corrected chi connectivity index (χ0v) is 18.0. The number of alkyl halides is 3. The van der Waals surface area contributed by atoms with Crippen LogP contribution in [0.3, 0.4) is 0 Å². The van der Waals surface area contributed by atoms with Crippen LogP contribution in [0.15, 0.2) is 37.1 Å². The van der Waals surface area contributed by atoms with Crippen molar-refractivity contribution in [3.8, 4) is 0 Å². The summed E-state index contributed by atoms with van der Waals surface area (Å²) in [6.45, 7) is 4.20. The van der Waals surface area contributed by atoms with Gasteiger partial charge in [-0.25, -0.2) is 9.78 Å². The van der Waals surface area contributed by atoms with Crippen LogP contribution in [-0.2, 0) is 9.53 Å². The summed E-state index contributed by atoms with van der Waals surface area (Å²) in [5.74, 6) is -2.64. The third-order valence-electron chi connectivity index (χ3n) is 5.41. The highest BCUT2D eigenvalue weighted by molar-refractivity contribution is 5.94. The second-order valence-corrected chi connectivity index (χ2v) is 7.86. The van der Waals surface area contributed by atoms with Crippen LogP contribution in [0.4, 0.5) is 13.2 Å². The molecular formula is C21H22F3N5O5. The van der Waals surface area contributed by atoms with Crippen LogP contribution in [0.5, 0.6) is 0 Å². The molecule has 4 heterocycles. The van der Waals surface area contributed by atoms with Crippen molar-refractivity contribution < 1.29 is 37.4 Å². The predicted molar refractivity (Wildman–Crippen MR) is 110 cm³/mol. The van der Waals surface area contributed by atoms with E-state index in [-0.39, 0.29) is 29.8 Å². The number of ether oxygens (including phenoxy) is 1. The molecule has 2 aliphatic heterocycles. The highest BCUT2D eigenvalue weighted by atomic mass is 19.4. The third-order valence-corrected chi connectivity index (χ3v) is 5.41. The number of amides is 2. The summed E-state index contributed by atoms with van der Waals surface area (Å²) >= 11 is 0. The van der Waals surface area contributed by atoms with Gasteiger partial charge in [0.15, 0.2) is 0 Å². The zero-order valence-electron chi connectivity index (χ0n) is 18.0. The van der Waals surface area contributed by atoms with Gasteiger partial charge in [0.1, 0.15) is 5.69 Å². The van der Waals surface area contributed by atoms with Crippen molar-refractivity contribution in [1.29, 1.82) is 0 Å². The summed E-state index contributed by atoms with van der Waals surface area (Å²) in [6.07, 6.45) is 2.72. The fourth-order valence-electron chi connectivity index (χ4n) is 3.76. The summed E-state index contributed by atoms with van der Waals surface area (Å²) in [6, 6.07) is 1.85. The van der Waals surface area contributed by atoms with Crippen LogP contribution in [0, 0.1) is 18.8 Å². The first-order valence-corrected chi connectivity index (χ1v) is 10.2. The van der Waals surface area contributed by atoms with E-state index in [1.54, 1.807) is 12.4 Å². The van der Waals surface area contributed by atoms with Gasteiger partial charge in [-0.1, -0.05) is 0 Å². The van der Waals surface area contributed by atoms with Crippen LogP contribution in [0.2, 0.25) is 0 Å². The van der Waals surface area contributed by atoms with Crippen LogP contribution in [-0.4, -0.2) is 81.3 Å². The van der Waals surface area contributed by atoms with Gasteiger partial charge in [-0.15, -0.1) is 0 Å². The maximum absolute atomic E-state index is 12.7. The molecule has 0 spiro atoms. The highest BCUT2D eigenvalue weighted by Crippen LogP contribution is 2.34. The Balaban J connectivity index is 0.000000406. The first kappa shape index (κ1) is 25.0. The number of carbonyl (C=O) groups excluding carboxylic acids is 2. The lowest BCUT2D eigenvalue weighted by atomic mass is 9.93. The van der Waals surface area contributed by atoms with Crippen molar-refractivity contribution >= 4 is 17.8 Å². The number of fused-ring (bicyclic) bond motifs is 1. The molecule has 0 unspecified atom stereocenters. The standard InChI is InChI=1S/C19H21N5O3.C2HF3O2/c1-12-4-13(6-21-5-12)19(26)24-9-15-14(11-27-17(15)10-24)7-23-18(25)16-8-20-2-3-22-16;3-2(4,5)1(6)7/h2-6,8,14-15,17H,7,9-11H2,1H3,(H,23,25);(H,6,7)/t14-,15+,17+;/m0./s1. The molecule has 10 nitrogen and oxygen atoms in total. The smallest absolute Gasteiger partial charge is 0.475 e. The van der Waals surface area contributed by atoms with Gasteiger partial charge in [0.25, 0.3) is 11.8 Å². The van der Waals surface area contributed by atoms with Crippen LogP contribution >= 0.6 is 0 Å². The Morgan fingerprint density at radius 2 is 1.91 bits per heavy atom. The average Bonchev–Trinajstić information content (AvgIpc) is 3.38. The number of aromatic nitrogens is 3. The molecule has 2 saturated heterocycles. The lowest BCUT2D eigenvalue weighted by Crippen LogP contribution is -2.35. The number of aliphatic carboxylic acids is 1. The molecule has 0 saturated carbocycles. The molecule has 2 N–H and O–H groups in total. The second-order valence-electron chi connectivity index (χ2n) is 7.86. The highest BCUT2D eigenvalue weighted by Gasteiger charge is 2.45. The van der Waals surface area contributed by atoms with Gasteiger partial charge in [-0.3, -0.25) is 19.6 Å². The molecule has 182 valence electrons. The molecule has 0 bridgehead atoms. The number of nitrogens with one attached hydrogen (secondary N) is 1. The third kappa shape index (κ3) is 6.25. The van der Waals surface area contributed by atoms with Crippen LogP contribution < -0.4 is 5.32 Å². The summed E-state index contributed by atoms with van der Waals surface area (Å²) in [5, 5.41) is 10.0. The van der Waals surface area contributed by atoms with Gasteiger partial charge >= 0.3 is 12.1 Å². The molecule has 2 amide bonds. The van der Waals surface area contributed by atoms with Crippen molar-refractivity contribution in [1.82, 2.24) is 25.2 Å². The van der Waals surface area contributed by atoms with Crippen molar-refractivity contribution in [3.05, 3.63) is 53.9 Å². The minimum Gasteiger partial charge on any atom is -0.475 e. The topological polar surface area (TPSA) is 135 Å². The van der Waals surface area contributed by atoms with E-state index >= 15 is 0 Å². The summed E-state index contributed by atoms with van der Waals surface area (Å²) in [5.41, 5.74) is 1.85. The minimum absolute atomic E-state index is 0.0186. The Morgan fingerprint density at radius 1 is 1.18 bits per heavy atom. The van der Waals surface area contributed by atoms with E-state index in [0.717, 1.165) is 5.56 Å². The summed E-state index contributed by atoms with van der Waals surface area (Å²) < 4.78 is 37.6. The Hall–Kier alpha value is -3.61. The molecule has 3 atom stereocenters. The SMILES string of the molecule is Cc1cncc(C(=O)N2C[C@@H]3[C@@H](CNC(=O)c4cnccn4)CO[C@@H]3C2)c1.O=C(O)C(F)(F)F. The molecule has 13 heteroatoms. The van der Waals surface area contributed by atoms with E-state index in [1.807, 2.05) is 17.9 Å². The van der Waals surface area contributed by atoms with E-state index < -0.39 is 12.1 Å².